The van der Waals surface area contributed by atoms with Crippen molar-refractivity contribution in [2.75, 3.05) is 56.6 Å². The number of nitrogens with one attached hydrogen (secondary N) is 2. The molecule has 0 atom stereocenters. The highest BCUT2D eigenvalue weighted by atomic mass is 32.2. The van der Waals surface area contributed by atoms with Gasteiger partial charge < -0.3 is 15.5 Å². The molecule has 2 rings (SSSR count). The predicted molar refractivity (Wildman–Crippen MR) is 107 cm³/mol. The molecule has 0 spiro atoms. The van der Waals surface area contributed by atoms with Gasteiger partial charge in [-0.25, -0.2) is 4.39 Å². The van der Waals surface area contributed by atoms with Crippen LogP contribution >= 0.6 is 24.0 Å². The van der Waals surface area contributed by atoms with Crippen molar-refractivity contribution in [3.8, 4) is 0 Å². The predicted octanol–water partition coefficient (Wildman–Crippen LogP) is 2.01. The van der Waals surface area contributed by atoms with Gasteiger partial charge in [0.05, 0.1) is 6.54 Å². The highest BCUT2D eigenvalue weighted by Crippen LogP contribution is 2.09. The minimum atomic E-state index is -0.357. The molecule has 1 aromatic rings. The third kappa shape index (κ3) is 7.17. The fourth-order valence-electron chi connectivity index (χ4n) is 2.60. The van der Waals surface area contributed by atoms with E-state index in [1.54, 1.807) is 12.1 Å². The van der Waals surface area contributed by atoms with Gasteiger partial charge in [0, 0.05) is 38.4 Å². The average molecular weight is 385 g/mol. The molecule has 0 unspecified atom stereocenters. The normalized spacial score (nSPS) is 15.0. The molecule has 1 fully saturated rings. The number of rotatable bonds is 7. The van der Waals surface area contributed by atoms with Crippen LogP contribution in [0.2, 0.25) is 0 Å². The van der Waals surface area contributed by atoms with E-state index >= 15 is 0 Å². The summed E-state index contributed by atoms with van der Waals surface area (Å²) in [5.74, 6) is 0.644. The van der Waals surface area contributed by atoms with Crippen molar-refractivity contribution in [2.45, 2.75) is 6.42 Å². The zero-order valence-corrected chi connectivity index (χ0v) is 16.1. The largest absolute Gasteiger partial charge is 0.363 e. The van der Waals surface area contributed by atoms with Crippen LogP contribution in [0.1, 0.15) is 6.42 Å². The van der Waals surface area contributed by atoms with Crippen LogP contribution in [0.5, 0.6) is 0 Å². The van der Waals surface area contributed by atoms with Crippen LogP contribution in [0.25, 0.3) is 0 Å². The van der Waals surface area contributed by atoms with Crippen LogP contribution in [0, 0.1) is 5.82 Å². The summed E-state index contributed by atoms with van der Waals surface area (Å²) >= 11 is 7.26. The maximum absolute atomic E-state index is 13.1. The molecule has 1 heterocycles. The second-order valence-corrected chi connectivity index (χ2v) is 7.27. The highest BCUT2D eigenvalue weighted by molar-refractivity contribution is 7.98. The molecule has 1 aromatic carbocycles. The molecule has 0 saturated carbocycles. The number of carbonyl (C=O) groups excluding carboxylic acids is 1. The first kappa shape index (κ1) is 19.9. The summed E-state index contributed by atoms with van der Waals surface area (Å²) in [7, 11) is 0. The molecule has 5 nitrogen and oxygen atoms in total. The monoisotopic (exact) mass is 384 g/mol. The maximum Gasteiger partial charge on any atom is 0.238 e. The molecule has 0 aromatic heterocycles. The number of hydrogen-bond acceptors (Lipinski definition) is 4. The number of amides is 1. The zero-order valence-electron chi connectivity index (χ0n) is 14.5. The molecule has 8 heteroatoms. The van der Waals surface area contributed by atoms with Gasteiger partial charge >= 0.3 is 0 Å². The molecular weight excluding hydrogens is 359 g/mol. The lowest BCUT2D eigenvalue weighted by molar-refractivity contribution is -0.117. The van der Waals surface area contributed by atoms with Gasteiger partial charge in [-0.2, -0.15) is 11.8 Å². The van der Waals surface area contributed by atoms with Crippen LogP contribution in [0.4, 0.5) is 10.1 Å². The Morgan fingerprint density at radius 1 is 1.32 bits per heavy atom. The zero-order chi connectivity index (χ0) is 18.1. The Kier molecular flexibility index (Phi) is 8.43. The van der Waals surface area contributed by atoms with Crippen LogP contribution in [-0.4, -0.2) is 72.1 Å². The third-order valence-electron chi connectivity index (χ3n) is 3.94. The van der Waals surface area contributed by atoms with E-state index in [0.29, 0.717) is 12.2 Å². The molecule has 1 amide bonds. The minimum absolute atomic E-state index is 0.128. The second-order valence-electron chi connectivity index (χ2n) is 5.90. The highest BCUT2D eigenvalue weighted by Gasteiger charge is 2.20. The molecule has 1 saturated heterocycles. The molecular formula is C17H25FN4OS2. The smallest absolute Gasteiger partial charge is 0.238 e. The van der Waals surface area contributed by atoms with E-state index in [4.69, 9.17) is 12.2 Å². The first-order chi connectivity index (χ1) is 12.1. The summed E-state index contributed by atoms with van der Waals surface area (Å²) < 4.78 is 13.1. The van der Waals surface area contributed by atoms with Crippen LogP contribution in [-0.2, 0) is 4.79 Å². The van der Waals surface area contributed by atoms with Crippen molar-refractivity contribution in [3.05, 3.63) is 30.1 Å². The third-order valence-corrected chi connectivity index (χ3v) is 5.04. The summed E-state index contributed by atoms with van der Waals surface area (Å²) in [5.41, 5.74) is 0.485. The Bertz CT molecular complexity index is 580. The van der Waals surface area contributed by atoms with E-state index < -0.39 is 0 Å². The summed E-state index contributed by atoms with van der Waals surface area (Å²) in [6.07, 6.45) is 3.20. The van der Waals surface area contributed by atoms with Crippen molar-refractivity contribution in [1.82, 2.24) is 15.1 Å². The van der Waals surface area contributed by atoms with E-state index in [-0.39, 0.29) is 11.7 Å². The summed E-state index contributed by atoms with van der Waals surface area (Å²) in [4.78, 5) is 16.3. The number of thiocarbonyl (C=S) groups is 1. The molecule has 1 aliphatic rings. The molecule has 0 aliphatic carbocycles. The van der Waals surface area contributed by atoms with E-state index in [2.05, 4.69) is 26.7 Å². The van der Waals surface area contributed by atoms with Gasteiger partial charge in [0.25, 0.3) is 0 Å². The van der Waals surface area contributed by atoms with Gasteiger partial charge in [0.1, 0.15) is 5.82 Å². The average Bonchev–Trinajstić information content (AvgIpc) is 2.59. The number of piperazine rings is 1. The molecule has 0 radical (unpaired) electrons. The number of thioether (sulfide) groups is 1. The first-order valence-corrected chi connectivity index (χ1v) is 10.2. The minimum Gasteiger partial charge on any atom is -0.363 e. The van der Waals surface area contributed by atoms with Crippen LogP contribution < -0.4 is 10.6 Å². The first-order valence-electron chi connectivity index (χ1n) is 8.38. The topological polar surface area (TPSA) is 47.6 Å². The summed E-state index contributed by atoms with van der Waals surface area (Å²) in [6, 6.07) is 5.93. The Labute approximate surface area is 158 Å². The Morgan fingerprint density at radius 2 is 2.08 bits per heavy atom. The SMILES string of the molecule is CSCCCNC(=S)N1CCN(CC(=O)Nc2cccc(F)c2)CC1. The van der Waals surface area contributed by atoms with Crippen molar-refractivity contribution in [3.63, 3.8) is 0 Å². The quantitative estimate of drug-likeness (QED) is 0.554. The lowest BCUT2D eigenvalue weighted by atomic mass is 10.3. The van der Waals surface area contributed by atoms with Gasteiger partial charge in [-0.1, -0.05) is 6.07 Å². The van der Waals surface area contributed by atoms with Gasteiger partial charge in [0.15, 0.2) is 5.11 Å². The number of nitrogens with zero attached hydrogens (tertiary/aromatic N) is 2. The molecule has 1 aliphatic heterocycles. The second kappa shape index (κ2) is 10.6. The standard InChI is InChI=1S/C17H25FN4OS2/c1-25-11-3-6-19-17(24)22-9-7-21(8-10-22)13-16(23)20-15-5-2-4-14(18)12-15/h2,4-5,12H,3,6-11,13H2,1H3,(H,19,24)(H,20,23). The summed E-state index contributed by atoms with van der Waals surface area (Å²) in [5, 5.41) is 6.82. The van der Waals surface area contributed by atoms with E-state index in [0.717, 1.165) is 50.0 Å². The van der Waals surface area contributed by atoms with Crippen molar-refractivity contribution < 1.29 is 9.18 Å². The van der Waals surface area contributed by atoms with Crippen molar-refractivity contribution in [1.29, 1.82) is 0 Å². The number of hydrogen-bond donors (Lipinski definition) is 2. The van der Waals surface area contributed by atoms with Crippen LogP contribution in [0.3, 0.4) is 0 Å². The Hall–Kier alpha value is -1.38. The van der Waals surface area contributed by atoms with E-state index in [1.807, 2.05) is 11.8 Å². The van der Waals surface area contributed by atoms with E-state index in [1.165, 1.54) is 12.1 Å². The molecule has 2 N–H and O–H groups in total. The maximum atomic E-state index is 13.1. The van der Waals surface area contributed by atoms with Gasteiger partial charge in [-0.3, -0.25) is 9.69 Å². The Morgan fingerprint density at radius 3 is 2.76 bits per heavy atom. The van der Waals surface area contributed by atoms with Crippen molar-refractivity contribution in [2.24, 2.45) is 0 Å². The van der Waals surface area contributed by atoms with Gasteiger partial charge in [0.2, 0.25) is 5.91 Å². The van der Waals surface area contributed by atoms with Crippen molar-refractivity contribution >= 4 is 40.7 Å². The fraction of sp³-hybridized carbons (Fsp3) is 0.529. The number of anilines is 1. The number of carbonyl (C=O) groups is 1. The number of halogens is 1. The molecule has 0 bridgehead atoms. The lowest BCUT2D eigenvalue weighted by Crippen LogP contribution is -2.53. The van der Waals surface area contributed by atoms with Crippen LogP contribution in [0.15, 0.2) is 24.3 Å². The lowest BCUT2D eigenvalue weighted by Gasteiger charge is -2.35. The molecule has 25 heavy (non-hydrogen) atoms. The van der Waals surface area contributed by atoms with Gasteiger partial charge in [-0.15, -0.1) is 0 Å². The Balaban J connectivity index is 1.67. The number of benzene rings is 1. The van der Waals surface area contributed by atoms with Gasteiger partial charge in [-0.05, 0) is 48.8 Å². The van der Waals surface area contributed by atoms with E-state index in [9.17, 15) is 9.18 Å². The summed E-state index contributed by atoms with van der Waals surface area (Å²) in [6.45, 7) is 4.38. The molecule has 138 valence electrons. The fourth-order valence-corrected chi connectivity index (χ4v) is 3.32.